The standard InChI is InChI=1S/C17H18N4O3/c1-12-9-17(20-24-12)23-10-16(22)19-13(2)14-3-5-15(6-4-14)21-8-7-18-11-21/h3-9,11,13H,10H2,1-2H3,(H,19,22). The molecular weight excluding hydrogens is 308 g/mol. The largest absolute Gasteiger partial charge is 0.465 e. The van der Waals surface area contributed by atoms with Crippen LogP contribution in [-0.2, 0) is 4.79 Å². The Morgan fingerprint density at radius 1 is 1.38 bits per heavy atom. The van der Waals surface area contributed by atoms with Gasteiger partial charge in [0, 0.05) is 24.1 Å². The first-order valence-corrected chi connectivity index (χ1v) is 7.55. The van der Waals surface area contributed by atoms with E-state index < -0.39 is 0 Å². The van der Waals surface area contributed by atoms with Gasteiger partial charge in [0.15, 0.2) is 6.61 Å². The fourth-order valence-corrected chi connectivity index (χ4v) is 2.26. The number of hydrogen-bond acceptors (Lipinski definition) is 5. The maximum absolute atomic E-state index is 12.0. The van der Waals surface area contributed by atoms with Crippen molar-refractivity contribution in [1.29, 1.82) is 0 Å². The summed E-state index contributed by atoms with van der Waals surface area (Å²) in [5, 5.41) is 6.56. The van der Waals surface area contributed by atoms with Crippen molar-refractivity contribution in [3.8, 4) is 11.6 Å². The molecule has 0 saturated heterocycles. The van der Waals surface area contributed by atoms with Crippen molar-refractivity contribution in [3.63, 3.8) is 0 Å². The van der Waals surface area contributed by atoms with Gasteiger partial charge in [0.05, 0.1) is 12.4 Å². The van der Waals surface area contributed by atoms with E-state index in [1.807, 2.05) is 42.0 Å². The molecule has 0 aliphatic carbocycles. The van der Waals surface area contributed by atoms with Gasteiger partial charge in [-0.15, -0.1) is 0 Å². The third-order valence-electron chi connectivity index (χ3n) is 3.53. The molecule has 7 nitrogen and oxygen atoms in total. The Morgan fingerprint density at radius 3 is 2.79 bits per heavy atom. The maximum atomic E-state index is 12.0. The minimum Gasteiger partial charge on any atom is -0.465 e. The Balaban J connectivity index is 1.54. The van der Waals surface area contributed by atoms with Crippen LogP contribution in [0.25, 0.3) is 5.69 Å². The van der Waals surface area contributed by atoms with E-state index in [1.165, 1.54) is 0 Å². The quantitative estimate of drug-likeness (QED) is 0.752. The molecule has 124 valence electrons. The van der Waals surface area contributed by atoms with Crippen molar-refractivity contribution in [2.45, 2.75) is 19.9 Å². The van der Waals surface area contributed by atoms with E-state index in [0.29, 0.717) is 11.6 Å². The zero-order chi connectivity index (χ0) is 16.9. The summed E-state index contributed by atoms with van der Waals surface area (Å²) in [5.74, 6) is 0.721. The van der Waals surface area contributed by atoms with Gasteiger partial charge < -0.3 is 19.1 Å². The SMILES string of the molecule is Cc1cc(OCC(=O)NC(C)c2ccc(-n3ccnc3)cc2)no1. The predicted molar refractivity (Wildman–Crippen MR) is 86.9 cm³/mol. The minimum atomic E-state index is -0.221. The number of hydrogen-bond donors (Lipinski definition) is 1. The molecule has 1 N–H and O–H groups in total. The van der Waals surface area contributed by atoms with Crippen LogP contribution in [0.2, 0.25) is 0 Å². The number of amides is 1. The molecule has 24 heavy (non-hydrogen) atoms. The topological polar surface area (TPSA) is 82.2 Å². The Bertz CT molecular complexity index is 794. The van der Waals surface area contributed by atoms with Gasteiger partial charge in [-0.25, -0.2) is 4.98 Å². The van der Waals surface area contributed by atoms with Crippen molar-refractivity contribution < 1.29 is 14.1 Å². The Labute approximate surface area is 139 Å². The third kappa shape index (κ3) is 3.81. The second-order valence-corrected chi connectivity index (χ2v) is 5.42. The third-order valence-corrected chi connectivity index (χ3v) is 3.53. The highest BCUT2D eigenvalue weighted by Gasteiger charge is 2.11. The van der Waals surface area contributed by atoms with Gasteiger partial charge in [0.2, 0.25) is 0 Å². The lowest BCUT2D eigenvalue weighted by molar-refractivity contribution is -0.123. The molecule has 2 heterocycles. The summed E-state index contributed by atoms with van der Waals surface area (Å²) >= 11 is 0. The average Bonchev–Trinajstić information content (AvgIpc) is 3.25. The number of carbonyl (C=O) groups excluding carboxylic acids is 1. The number of nitrogens with one attached hydrogen (secondary N) is 1. The second-order valence-electron chi connectivity index (χ2n) is 5.42. The fraction of sp³-hybridized carbons (Fsp3) is 0.235. The van der Waals surface area contributed by atoms with E-state index in [0.717, 1.165) is 11.3 Å². The smallest absolute Gasteiger partial charge is 0.258 e. The molecule has 7 heteroatoms. The summed E-state index contributed by atoms with van der Waals surface area (Å²) in [5.41, 5.74) is 2.02. The predicted octanol–water partition coefficient (Wildman–Crippen LogP) is 2.42. The van der Waals surface area contributed by atoms with E-state index >= 15 is 0 Å². The average molecular weight is 326 g/mol. The van der Waals surface area contributed by atoms with Crippen LogP contribution in [-0.4, -0.2) is 27.2 Å². The fourth-order valence-electron chi connectivity index (χ4n) is 2.26. The van der Waals surface area contributed by atoms with Gasteiger partial charge >= 0.3 is 0 Å². The number of carbonyl (C=O) groups is 1. The van der Waals surface area contributed by atoms with Crippen LogP contribution >= 0.6 is 0 Å². The zero-order valence-electron chi connectivity index (χ0n) is 13.5. The van der Waals surface area contributed by atoms with Gasteiger partial charge in [-0.2, -0.15) is 0 Å². The van der Waals surface area contributed by atoms with E-state index in [9.17, 15) is 4.79 Å². The summed E-state index contributed by atoms with van der Waals surface area (Å²) in [7, 11) is 0. The number of imidazole rings is 1. The summed E-state index contributed by atoms with van der Waals surface area (Å²) in [4.78, 5) is 16.0. The molecule has 3 rings (SSSR count). The lowest BCUT2D eigenvalue weighted by Crippen LogP contribution is -2.31. The van der Waals surface area contributed by atoms with Crippen LogP contribution in [0.15, 0.2) is 53.6 Å². The minimum absolute atomic E-state index is 0.108. The lowest BCUT2D eigenvalue weighted by Gasteiger charge is -2.15. The summed E-state index contributed by atoms with van der Waals surface area (Å²) in [6.45, 7) is 3.57. The van der Waals surface area contributed by atoms with Gasteiger partial charge in [0.1, 0.15) is 5.76 Å². The first kappa shape index (κ1) is 15.8. The number of nitrogens with zero attached hydrogens (tertiary/aromatic N) is 3. The molecule has 2 aromatic heterocycles. The normalized spacial score (nSPS) is 11.9. The number of aryl methyl sites for hydroxylation is 1. The highest BCUT2D eigenvalue weighted by Crippen LogP contribution is 2.16. The van der Waals surface area contributed by atoms with Crippen LogP contribution in [0.1, 0.15) is 24.3 Å². The number of ether oxygens (including phenoxy) is 1. The van der Waals surface area contributed by atoms with Gasteiger partial charge in [-0.1, -0.05) is 12.1 Å². The Kier molecular flexibility index (Phi) is 4.60. The van der Waals surface area contributed by atoms with Crippen LogP contribution in [0, 0.1) is 6.92 Å². The van der Waals surface area contributed by atoms with Gasteiger partial charge in [-0.3, -0.25) is 4.79 Å². The van der Waals surface area contributed by atoms with E-state index in [-0.39, 0.29) is 18.6 Å². The lowest BCUT2D eigenvalue weighted by atomic mass is 10.1. The number of benzene rings is 1. The monoisotopic (exact) mass is 326 g/mol. The molecule has 3 aromatic rings. The molecule has 1 atom stereocenters. The van der Waals surface area contributed by atoms with Crippen molar-refractivity contribution in [2.24, 2.45) is 0 Å². The van der Waals surface area contributed by atoms with Crippen LogP contribution in [0.5, 0.6) is 5.88 Å². The van der Waals surface area contributed by atoms with Crippen LogP contribution in [0.4, 0.5) is 0 Å². The Hall–Kier alpha value is -3.09. The van der Waals surface area contributed by atoms with Crippen molar-refractivity contribution >= 4 is 5.91 Å². The molecule has 0 spiro atoms. The number of aromatic nitrogens is 3. The number of rotatable bonds is 6. The molecule has 1 unspecified atom stereocenters. The van der Waals surface area contributed by atoms with Crippen LogP contribution in [0.3, 0.4) is 0 Å². The van der Waals surface area contributed by atoms with Crippen molar-refractivity contribution in [2.75, 3.05) is 6.61 Å². The second kappa shape index (κ2) is 6.99. The zero-order valence-corrected chi connectivity index (χ0v) is 13.5. The first-order valence-electron chi connectivity index (χ1n) is 7.55. The Morgan fingerprint density at radius 2 is 2.17 bits per heavy atom. The highest BCUT2D eigenvalue weighted by molar-refractivity contribution is 5.77. The molecule has 1 amide bonds. The van der Waals surface area contributed by atoms with Crippen molar-refractivity contribution in [3.05, 3.63) is 60.4 Å². The molecule has 0 fully saturated rings. The van der Waals surface area contributed by atoms with E-state index in [4.69, 9.17) is 9.26 Å². The molecule has 1 aromatic carbocycles. The molecule has 0 saturated carbocycles. The molecule has 0 radical (unpaired) electrons. The van der Waals surface area contributed by atoms with Crippen LogP contribution < -0.4 is 10.1 Å². The molecule has 0 aliphatic rings. The van der Waals surface area contributed by atoms with E-state index in [2.05, 4.69) is 15.5 Å². The maximum Gasteiger partial charge on any atom is 0.258 e. The first-order chi connectivity index (χ1) is 11.6. The summed E-state index contributed by atoms with van der Waals surface area (Å²) < 4.78 is 12.1. The highest BCUT2D eigenvalue weighted by atomic mass is 16.5. The van der Waals surface area contributed by atoms with Gasteiger partial charge in [-0.05, 0) is 36.7 Å². The summed E-state index contributed by atoms with van der Waals surface area (Å²) in [6.07, 6.45) is 5.35. The molecular formula is C17H18N4O3. The van der Waals surface area contributed by atoms with Crippen molar-refractivity contribution in [1.82, 2.24) is 20.0 Å². The van der Waals surface area contributed by atoms with Gasteiger partial charge in [0.25, 0.3) is 11.8 Å². The molecule has 0 aliphatic heterocycles. The molecule has 0 bridgehead atoms. The summed E-state index contributed by atoms with van der Waals surface area (Å²) in [6, 6.07) is 9.41. The van der Waals surface area contributed by atoms with E-state index in [1.54, 1.807) is 25.5 Å².